The van der Waals surface area contributed by atoms with Gasteiger partial charge in [0.2, 0.25) is 12.3 Å². The first-order valence-corrected chi connectivity index (χ1v) is 5.68. The van der Waals surface area contributed by atoms with Crippen molar-refractivity contribution < 1.29 is 13.9 Å². The van der Waals surface area contributed by atoms with Gasteiger partial charge >= 0.3 is 5.97 Å². The number of benzene rings is 1. The summed E-state index contributed by atoms with van der Waals surface area (Å²) in [5.74, 6) is 0.226. The summed E-state index contributed by atoms with van der Waals surface area (Å²) in [5, 5.41) is 7.37. The van der Waals surface area contributed by atoms with Gasteiger partial charge in [-0.15, -0.1) is 10.2 Å². The molecule has 20 heavy (non-hydrogen) atoms. The maximum atomic E-state index is 11.8. The number of carbonyl (C=O) groups excluding carboxylic acids is 1. The molecule has 0 aliphatic heterocycles. The third-order valence-electron chi connectivity index (χ3n) is 2.44. The molecule has 0 fully saturated rings. The first-order valence-electron chi connectivity index (χ1n) is 5.68. The Bertz CT molecular complexity index is 696. The van der Waals surface area contributed by atoms with Crippen LogP contribution in [-0.4, -0.2) is 26.1 Å². The number of nitrogens with zero attached hydrogens (tertiary/aromatic N) is 4. The Labute approximate surface area is 113 Å². The van der Waals surface area contributed by atoms with Crippen molar-refractivity contribution in [3.8, 4) is 17.2 Å². The molecule has 2 heterocycles. The third-order valence-corrected chi connectivity index (χ3v) is 2.44. The third kappa shape index (κ3) is 2.51. The summed E-state index contributed by atoms with van der Waals surface area (Å²) in [6.45, 7) is 0. The monoisotopic (exact) mass is 268 g/mol. The lowest BCUT2D eigenvalue weighted by atomic mass is 10.2. The zero-order chi connectivity index (χ0) is 13.8. The number of hydrogen-bond donors (Lipinski definition) is 0. The van der Waals surface area contributed by atoms with Gasteiger partial charge in [-0.25, -0.2) is 9.78 Å². The summed E-state index contributed by atoms with van der Waals surface area (Å²) in [7, 11) is 0. The maximum absolute atomic E-state index is 11.8. The molecule has 98 valence electrons. The number of rotatable bonds is 3. The van der Waals surface area contributed by atoms with Gasteiger partial charge in [-0.05, 0) is 24.3 Å². The van der Waals surface area contributed by atoms with Crippen molar-refractivity contribution >= 4 is 5.97 Å². The molecule has 7 nitrogen and oxygen atoms in total. The van der Waals surface area contributed by atoms with Gasteiger partial charge < -0.3 is 9.15 Å². The zero-order valence-corrected chi connectivity index (χ0v) is 10.1. The molecule has 0 unspecified atom stereocenters. The van der Waals surface area contributed by atoms with Crippen LogP contribution in [0.3, 0.4) is 0 Å². The Morgan fingerprint density at radius 2 is 2.00 bits per heavy atom. The normalized spacial score (nSPS) is 10.2. The lowest BCUT2D eigenvalue weighted by Crippen LogP contribution is -2.10. The maximum Gasteiger partial charge on any atom is 0.363 e. The Morgan fingerprint density at radius 3 is 2.65 bits per heavy atom. The molecule has 0 spiro atoms. The lowest BCUT2D eigenvalue weighted by Gasteiger charge is -2.03. The molecule has 0 aliphatic carbocycles. The zero-order valence-electron chi connectivity index (χ0n) is 10.1. The van der Waals surface area contributed by atoms with Crippen molar-refractivity contribution in [3.63, 3.8) is 0 Å². The standard InChI is InChI=1S/C13H8N4O3/c18-13(11-7-14-5-6-15-11)20-10-3-1-9(2-4-10)12-17-16-8-19-12/h1-8H. The summed E-state index contributed by atoms with van der Waals surface area (Å²) in [6, 6.07) is 6.70. The second-order valence-electron chi connectivity index (χ2n) is 3.75. The Kier molecular flexibility index (Phi) is 3.15. The molecule has 0 aliphatic rings. The number of hydrogen-bond acceptors (Lipinski definition) is 7. The number of carbonyl (C=O) groups is 1. The minimum absolute atomic E-state index is 0.147. The number of esters is 1. The molecule has 7 heteroatoms. The van der Waals surface area contributed by atoms with E-state index in [0.29, 0.717) is 11.6 Å². The van der Waals surface area contributed by atoms with Gasteiger partial charge in [-0.1, -0.05) is 0 Å². The molecule has 0 amide bonds. The quantitative estimate of drug-likeness (QED) is 0.527. The van der Waals surface area contributed by atoms with Gasteiger partial charge in [0.05, 0.1) is 6.20 Å². The van der Waals surface area contributed by atoms with E-state index in [1.54, 1.807) is 24.3 Å². The predicted octanol–water partition coefficient (Wildman–Crippen LogP) is 1.75. The smallest absolute Gasteiger partial charge is 0.363 e. The van der Waals surface area contributed by atoms with Gasteiger partial charge in [0.1, 0.15) is 5.75 Å². The van der Waals surface area contributed by atoms with Crippen LogP contribution in [0.4, 0.5) is 0 Å². The Hall–Kier alpha value is -3.09. The molecule has 0 N–H and O–H groups in total. The molecule has 3 rings (SSSR count). The van der Waals surface area contributed by atoms with Gasteiger partial charge in [-0.3, -0.25) is 4.98 Å². The van der Waals surface area contributed by atoms with Crippen LogP contribution in [0.15, 0.2) is 53.7 Å². The van der Waals surface area contributed by atoms with Crippen LogP contribution in [0.1, 0.15) is 10.5 Å². The molecular weight excluding hydrogens is 260 g/mol. The van der Waals surface area contributed by atoms with Crippen molar-refractivity contribution in [1.29, 1.82) is 0 Å². The van der Waals surface area contributed by atoms with E-state index >= 15 is 0 Å². The highest BCUT2D eigenvalue weighted by molar-refractivity contribution is 5.88. The van der Waals surface area contributed by atoms with E-state index < -0.39 is 5.97 Å². The molecular formula is C13H8N4O3. The molecule has 2 aromatic heterocycles. The molecule has 3 aromatic rings. The first-order chi connectivity index (χ1) is 9.83. The highest BCUT2D eigenvalue weighted by atomic mass is 16.5. The van der Waals surface area contributed by atoms with Crippen molar-refractivity contribution in [2.45, 2.75) is 0 Å². The minimum atomic E-state index is -0.566. The van der Waals surface area contributed by atoms with E-state index in [2.05, 4.69) is 20.2 Å². The van der Waals surface area contributed by atoms with Crippen LogP contribution in [0, 0.1) is 0 Å². The molecule has 1 aromatic carbocycles. The van der Waals surface area contributed by atoms with Gasteiger partial charge in [0, 0.05) is 18.0 Å². The fourth-order valence-electron chi connectivity index (χ4n) is 1.53. The van der Waals surface area contributed by atoms with Gasteiger partial charge in [-0.2, -0.15) is 0 Å². The van der Waals surface area contributed by atoms with Crippen LogP contribution < -0.4 is 4.74 Å². The van der Waals surface area contributed by atoms with Gasteiger partial charge in [0.25, 0.3) is 0 Å². The second kappa shape index (κ2) is 5.27. The highest BCUT2D eigenvalue weighted by Crippen LogP contribution is 2.20. The second-order valence-corrected chi connectivity index (χ2v) is 3.75. The summed E-state index contributed by atoms with van der Waals surface area (Å²) < 4.78 is 10.2. The summed E-state index contributed by atoms with van der Waals surface area (Å²) in [6.07, 6.45) is 5.50. The summed E-state index contributed by atoms with van der Waals surface area (Å²) in [4.78, 5) is 19.4. The molecule has 0 radical (unpaired) electrons. The van der Waals surface area contributed by atoms with E-state index in [1.807, 2.05) is 0 Å². The predicted molar refractivity (Wildman–Crippen MR) is 66.7 cm³/mol. The fraction of sp³-hybridized carbons (Fsp3) is 0. The van der Waals surface area contributed by atoms with Gasteiger partial charge in [0.15, 0.2) is 5.69 Å². The van der Waals surface area contributed by atoms with E-state index in [9.17, 15) is 4.79 Å². The average Bonchev–Trinajstić information content (AvgIpc) is 3.03. The molecule has 0 atom stereocenters. The van der Waals surface area contributed by atoms with E-state index in [1.165, 1.54) is 25.0 Å². The number of aromatic nitrogens is 4. The fourth-order valence-corrected chi connectivity index (χ4v) is 1.53. The van der Waals surface area contributed by atoms with E-state index in [4.69, 9.17) is 9.15 Å². The minimum Gasteiger partial charge on any atom is -0.423 e. The molecule has 0 bridgehead atoms. The summed E-state index contributed by atoms with van der Waals surface area (Å²) >= 11 is 0. The molecule has 0 saturated carbocycles. The lowest BCUT2D eigenvalue weighted by molar-refractivity contribution is 0.0728. The number of ether oxygens (including phenoxy) is 1. The Balaban J connectivity index is 1.74. The first kappa shape index (κ1) is 12.0. The van der Waals surface area contributed by atoms with Crippen molar-refractivity contribution in [3.05, 3.63) is 54.9 Å². The van der Waals surface area contributed by atoms with Crippen LogP contribution >= 0.6 is 0 Å². The van der Waals surface area contributed by atoms with E-state index in [-0.39, 0.29) is 5.69 Å². The highest BCUT2D eigenvalue weighted by Gasteiger charge is 2.10. The van der Waals surface area contributed by atoms with Crippen LogP contribution in [0.5, 0.6) is 5.75 Å². The molecule has 0 saturated heterocycles. The summed E-state index contributed by atoms with van der Waals surface area (Å²) in [5.41, 5.74) is 0.885. The van der Waals surface area contributed by atoms with E-state index in [0.717, 1.165) is 5.56 Å². The van der Waals surface area contributed by atoms with Crippen LogP contribution in [0.2, 0.25) is 0 Å². The largest absolute Gasteiger partial charge is 0.423 e. The average molecular weight is 268 g/mol. The van der Waals surface area contributed by atoms with Crippen LogP contribution in [-0.2, 0) is 0 Å². The van der Waals surface area contributed by atoms with Crippen molar-refractivity contribution in [1.82, 2.24) is 20.2 Å². The topological polar surface area (TPSA) is 91.0 Å². The van der Waals surface area contributed by atoms with Crippen molar-refractivity contribution in [2.24, 2.45) is 0 Å². The SMILES string of the molecule is O=C(Oc1ccc(-c2nnco2)cc1)c1cnccn1. The van der Waals surface area contributed by atoms with Crippen molar-refractivity contribution in [2.75, 3.05) is 0 Å². The Morgan fingerprint density at radius 1 is 1.15 bits per heavy atom. The van der Waals surface area contributed by atoms with Crippen LogP contribution in [0.25, 0.3) is 11.5 Å².